The third-order valence-corrected chi connectivity index (χ3v) is 4.63. The van der Waals surface area contributed by atoms with Crippen LogP contribution in [0, 0.1) is 0 Å². The van der Waals surface area contributed by atoms with Crippen molar-refractivity contribution < 1.29 is 4.79 Å². The molecule has 0 aliphatic carbocycles. The lowest BCUT2D eigenvalue weighted by Gasteiger charge is -2.16. The molecule has 2 aromatic carbocycles. The van der Waals surface area contributed by atoms with Crippen molar-refractivity contribution >= 4 is 46.9 Å². The molecule has 3 nitrogen and oxygen atoms in total. The second kappa shape index (κ2) is 8.55. The van der Waals surface area contributed by atoms with Crippen LogP contribution in [-0.4, -0.2) is 13.0 Å². The van der Waals surface area contributed by atoms with Crippen LogP contribution in [0.25, 0.3) is 0 Å². The van der Waals surface area contributed by atoms with Crippen molar-refractivity contribution in [2.24, 2.45) is 0 Å². The van der Waals surface area contributed by atoms with Crippen LogP contribution in [-0.2, 0) is 11.3 Å². The van der Waals surface area contributed by atoms with Crippen LogP contribution in [0.3, 0.4) is 0 Å². The van der Waals surface area contributed by atoms with E-state index in [-0.39, 0.29) is 5.92 Å². The van der Waals surface area contributed by atoms with Gasteiger partial charge >= 0.3 is 0 Å². The van der Waals surface area contributed by atoms with Crippen molar-refractivity contribution in [2.75, 3.05) is 11.9 Å². The zero-order valence-corrected chi connectivity index (χ0v) is 14.8. The summed E-state index contributed by atoms with van der Waals surface area (Å²) in [6.45, 7) is 3.41. The molecular weight excluding hydrogens is 355 g/mol. The quantitative estimate of drug-likeness (QED) is 0.664. The van der Waals surface area contributed by atoms with E-state index in [0.29, 0.717) is 33.7 Å². The van der Waals surface area contributed by atoms with Crippen LogP contribution in [0.4, 0.5) is 5.69 Å². The topological polar surface area (TPSA) is 41.1 Å². The maximum atomic E-state index is 10.7. The molecular formula is C17H17Cl3N2O. The number of benzene rings is 2. The molecule has 0 saturated carbocycles. The van der Waals surface area contributed by atoms with Gasteiger partial charge in [-0.2, -0.15) is 0 Å². The van der Waals surface area contributed by atoms with E-state index in [0.717, 1.165) is 17.7 Å². The van der Waals surface area contributed by atoms with E-state index >= 15 is 0 Å². The lowest BCUT2D eigenvalue weighted by atomic mass is 10.0. The number of rotatable bonds is 7. The van der Waals surface area contributed by atoms with Gasteiger partial charge in [0.05, 0.1) is 10.0 Å². The highest BCUT2D eigenvalue weighted by Crippen LogP contribution is 2.30. The third kappa shape index (κ3) is 4.85. The minimum atomic E-state index is 0.205. The van der Waals surface area contributed by atoms with Gasteiger partial charge in [-0.1, -0.05) is 59.9 Å². The van der Waals surface area contributed by atoms with E-state index in [4.69, 9.17) is 34.8 Å². The van der Waals surface area contributed by atoms with Gasteiger partial charge in [0, 0.05) is 23.8 Å². The molecule has 0 aliphatic heterocycles. The summed E-state index contributed by atoms with van der Waals surface area (Å²) in [5, 5.41) is 7.76. The highest BCUT2D eigenvalue weighted by atomic mass is 35.5. The molecule has 2 rings (SSSR count). The van der Waals surface area contributed by atoms with Crippen molar-refractivity contribution in [1.29, 1.82) is 0 Å². The Morgan fingerprint density at radius 2 is 1.96 bits per heavy atom. The fourth-order valence-corrected chi connectivity index (χ4v) is 3.00. The van der Waals surface area contributed by atoms with E-state index in [1.165, 1.54) is 0 Å². The Morgan fingerprint density at radius 1 is 1.17 bits per heavy atom. The minimum absolute atomic E-state index is 0.205. The molecule has 0 aromatic heterocycles. The average Bonchev–Trinajstić information content (AvgIpc) is 2.52. The number of carbonyl (C=O) groups excluding carboxylic acids is 1. The second-order valence-corrected chi connectivity index (χ2v) is 6.46. The molecule has 23 heavy (non-hydrogen) atoms. The largest absolute Gasteiger partial charge is 0.328 e. The van der Waals surface area contributed by atoms with Crippen LogP contribution in [0.5, 0.6) is 0 Å². The predicted octanol–water partition coefficient (Wildman–Crippen LogP) is 5.11. The van der Waals surface area contributed by atoms with Gasteiger partial charge in [0.2, 0.25) is 6.41 Å². The van der Waals surface area contributed by atoms with Crippen LogP contribution >= 0.6 is 34.8 Å². The first kappa shape index (κ1) is 18.1. The number of hydrogen-bond donors (Lipinski definition) is 2. The predicted molar refractivity (Wildman–Crippen MR) is 97.7 cm³/mol. The molecule has 2 N–H and O–H groups in total. The number of carbonyl (C=O) groups is 1. The first-order chi connectivity index (χ1) is 11.0. The Labute approximate surface area is 150 Å². The molecule has 0 unspecified atom stereocenters. The summed E-state index contributed by atoms with van der Waals surface area (Å²) in [6.07, 6.45) is 0.642. The molecule has 0 bridgehead atoms. The summed E-state index contributed by atoms with van der Waals surface area (Å²) in [5.41, 5.74) is 2.67. The number of hydrogen-bond acceptors (Lipinski definition) is 2. The molecule has 0 heterocycles. The normalized spacial score (nSPS) is 12.0. The number of anilines is 1. The Morgan fingerprint density at radius 3 is 2.70 bits per heavy atom. The first-order valence-electron chi connectivity index (χ1n) is 7.16. The standard InChI is InChI=1S/C17H17Cl3N2O/c1-11(14-3-2-4-15(19)17(14)20)8-21-9-12-5-6-13(18)7-16(12)22-10-23/h2-7,10-11,21H,8-9H2,1H3,(H,22,23)/t11-/m1/s1. The van der Waals surface area contributed by atoms with Gasteiger partial charge in [-0.15, -0.1) is 0 Å². The van der Waals surface area contributed by atoms with Crippen molar-refractivity contribution in [3.8, 4) is 0 Å². The molecule has 1 amide bonds. The first-order valence-corrected chi connectivity index (χ1v) is 8.29. The maximum Gasteiger partial charge on any atom is 0.211 e. The van der Waals surface area contributed by atoms with Gasteiger partial charge in [0.15, 0.2) is 0 Å². The van der Waals surface area contributed by atoms with Gasteiger partial charge in [0.1, 0.15) is 0 Å². The number of nitrogens with one attached hydrogen (secondary N) is 2. The molecule has 0 fully saturated rings. The lowest BCUT2D eigenvalue weighted by Crippen LogP contribution is -2.20. The second-order valence-electron chi connectivity index (χ2n) is 5.24. The number of amides is 1. The van der Waals surface area contributed by atoms with Crippen molar-refractivity contribution in [3.63, 3.8) is 0 Å². The van der Waals surface area contributed by atoms with Crippen LogP contribution in [0.15, 0.2) is 36.4 Å². The smallest absolute Gasteiger partial charge is 0.211 e. The van der Waals surface area contributed by atoms with Crippen molar-refractivity contribution in [1.82, 2.24) is 5.32 Å². The van der Waals surface area contributed by atoms with E-state index in [1.807, 2.05) is 18.2 Å². The molecule has 6 heteroatoms. The molecule has 2 aromatic rings. The summed E-state index contributed by atoms with van der Waals surface area (Å²) < 4.78 is 0. The SMILES string of the molecule is C[C@H](CNCc1ccc(Cl)cc1NC=O)c1cccc(Cl)c1Cl. The zero-order valence-electron chi connectivity index (χ0n) is 12.6. The summed E-state index contributed by atoms with van der Waals surface area (Å²) >= 11 is 18.2. The molecule has 0 saturated heterocycles. The van der Waals surface area contributed by atoms with Gasteiger partial charge in [-0.3, -0.25) is 4.79 Å². The van der Waals surface area contributed by atoms with Crippen molar-refractivity contribution in [2.45, 2.75) is 19.4 Å². The van der Waals surface area contributed by atoms with Crippen LogP contribution in [0.2, 0.25) is 15.1 Å². The molecule has 0 spiro atoms. The van der Waals surface area contributed by atoms with E-state index in [9.17, 15) is 4.79 Å². The van der Waals surface area contributed by atoms with Gasteiger partial charge in [-0.05, 0) is 35.2 Å². The van der Waals surface area contributed by atoms with E-state index in [2.05, 4.69) is 17.6 Å². The molecule has 122 valence electrons. The Kier molecular flexibility index (Phi) is 6.72. The van der Waals surface area contributed by atoms with Crippen LogP contribution in [0.1, 0.15) is 24.0 Å². The zero-order chi connectivity index (χ0) is 16.8. The summed E-state index contributed by atoms with van der Waals surface area (Å²) in [4.78, 5) is 10.7. The maximum absolute atomic E-state index is 10.7. The minimum Gasteiger partial charge on any atom is -0.328 e. The molecule has 0 radical (unpaired) electrons. The van der Waals surface area contributed by atoms with Gasteiger partial charge in [-0.25, -0.2) is 0 Å². The summed E-state index contributed by atoms with van der Waals surface area (Å²) in [7, 11) is 0. The monoisotopic (exact) mass is 370 g/mol. The Bertz CT molecular complexity index is 692. The highest BCUT2D eigenvalue weighted by Gasteiger charge is 2.12. The lowest BCUT2D eigenvalue weighted by molar-refractivity contribution is -0.105. The van der Waals surface area contributed by atoms with Crippen LogP contribution < -0.4 is 10.6 Å². The Balaban J connectivity index is 1.99. The van der Waals surface area contributed by atoms with Gasteiger partial charge < -0.3 is 10.6 Å². The van der Waals surface area contributed by atoms with E-state index < -0.39 is 0 Å². The fourth-order valence-electron chi connectivity index (χ4n) is 2.34. The van der Waals surface area contributed by atoms with E-state index in [1.54, 1.807) is 18.2 Å². The number of halogens is 3. The molecule has 0 aliphatic rings. The van der Waals surface area contributed by atoms with Gasteiger partial charge in [0.25, 0.3) is 0 Å². The highest BCUT2D eigenvalue weighted by molar-refractivity contribution is 6.42. The Hall–Kier alpha value is -1.26. The summed E-state index contributed by atoms with van der Waals surface area (Å²) in [6, 6.07) is 11.1. The summed E-state index contributed by atoms with van der Waals surface area (Å²) in [5.74, 6) is 0.205. The fraction of sp³-hybridized carbons (Fsp3) is 0.235. The average molecular weight is 372 g/mol. The van der Waals surface area contributed by atoms with Crippen molar-refractivity contribution in [3.05, 3.63) is 62.6 Å². The third-order valence-electron chi connectivity index (χ3n) is 3.56. The molecule has 1 atom stereocenters.